The SMILES string of the molecule is Cc1ccc(C(=O)O[C@@H](C)C(=O)N2CCc3ccccc3C2)cc1C. The molecule has 1 aliphatic heterocycles. The molecule has 0 unspecified atom stereocenters. The number of nitrogens with zero attached hydrogens (tertiary/aromatic N) is 1. The van der Waals surface area contributed by atoms with Crippen LogP contribution in [0.5, 0.6) is 0 Å². The van der Waals surface area contributed by atoms with E-state index in [2.05, 4.69) is 6.07 Å². The van der Waals surface area contributed by atoms with E-state index in [1.54, 1.807) is 24.0 Å². The smallest absolute Gasteiger partial charge is 0.338 e. The second-order valence-electron chi connectivity index (χ2n) is 6.63. The summed E-state index contributed by atoms with van der Waals surface area (Å²) in [7, 11) is 0. The van der Waals surface area contributed by atoms with Gasteiger partial charge in [-0.15, -0.1) is 0 Å². The summed E-state index contributed by atoms with van der Waals surface area (Å²) in [4.78, 5) is 26.7. The van der Waals surface area contributed by atoms with Gasteiger partial charge in [-0.25, -0.2) is 4.79 Å². The van der Waals surface area contributed by atoms with Crippen molar-refractivity contribution in [1.82, 2.24) is 4.90 Å². The highest BCUT2D eigenvalue weighted by Crippen LogP contribution is 2.20. The summed E-state index contributed by atoms with van der Waals surface area (Å²) in [5.41, 5.74) is 5.07. The minimum Gasteiger partial charge on any atom is -0.449 e. The Morgan fingerprint density at radius 2 is 1.76 bits per heavy atom. The second-order valence-corrected chi connectivity index (χ2v) is 6.63. The van der Waals surface area contributed by atoms with Gasteiger partial charge in [0.2, 0.25) is 0 Å². The summed E-state index contributed by atoms with van der Waals surface area (Å²) in [5, 5.41) is 0. The first-order valence-corrected chi connectivity index (χ1v) is 8.59. The largest absolute Gasteiger partial charge is 0.449 e. The van der Waals surface area contributed by atoms with Crippen molar-refractivity contribution in [2.45, 2.75) is 39.8 Å². The number of aryl methyl sites for hydroxylation is 2. The summed E-state index contributed by atoms with van der Waals surface area (Å²) in [6, 6.07) is 13.6. The standard InChI is InChI=1S/C21H23NO3/c1-14-8-9-18(12-15(14)2)21(24)25-16(3)20(23)22-11-10-17-6-4-5-7-19(17)13-22/h4-9,12,16H,10-11,13H2,1-3H3/t16-/m0/s1. The van der Waals surface area contributed by atoms with E-state index in [1.807, 2.05) is 38.1 Å². The van der Waals surface area contributed by atoms with Crippen LogP contribution in [0.15, 0.2) is 42.5 Å². The van der Waals surface area contributed by atoms with Gasteiger partial charge in [0.1, 0.15) is 0 Å². The molecule has 2 aromatic rings. The number of carbonyl (C=O) groups excluding carboxylic acids is 2. The Bertz CT molecular complexity index is 813. The second kappa shape index (κ2) is 7.09. The lowest BCUT2D eigenvalue weighted by molar-refractivity contribution is -0.140. The number of fused-ring (bicyclic) bond motifs is 1. The average Bonchev–Trinajstić information content (AvgIpc) is 2.62. The molecule has 0 radical (unpaired) electrons. The number of esters is 1. The number of carbonyl (C=O) groups is 2. The highest BCUT2D eigenvalue weighted by molar-refractivity contribution is 5.92. The van der Waals surface area contributed by atoms with E-state index >= 15 is 0 Å². The fraction of sp³-hybridized carbons (Fsp3) is 0.333. The van der Waals surface area contributed by atoms with Crippen LogP contribution < -0.4 is 0 Å². The number of hydrogen-bond acceptors (Lipinski definition) is 3. The third-order valence-electron chi connectivity index (χ3n) is 4.82. The van der Waals surface area contributed by atoms with Gasteiger partial charge in [0, 0.05) is 13.1 Å². The van der Waals surface area contributed by atoms with E-state index in [4.69, 9.17) is 4.74 Å². The topological polar surface area (TPSA) is 46.6 Å². The quantitative estimate of drug-likeness (QED) is 0.806. The molecule has 4 nitrogen and oxygen atoms in total. The van der Waals surface area contributed by atoms with Crippen LogP contribution in [0, 0.1) is 13.8 Å². The van der Waals surface area contributed by atoms with Crippen LogP contribution in [-0.2, 0) is 22.5 Å². The van der Waals surface area contributed by atoms with Crippen LogP contribution in [0.4, 0.5) is 0 Å². The molecule has 0 N–H and O–H groups in total. The first-order valence-electron chi connectivity index (χ1n) is 8.59. The monoisotopic (exact) mass is 337 g/mol. The molecule has 4 heteroatoms. The average molecular weight is 337 g/mol. The van der Waals surface area contributed by atoms with Gasteiger partial charge in [0.15, 0.2) is 6.10 Å². The van der Waals surface area contributed by atoms with Gasteiger partial charge in [-0.3, -0.25) is 4.79 Å². The maximum absolute atomic E-state index is 12.6. The molecule has 2 aromatic carbocycles. The Hall–Kier alpha value is -2.62. The molecule has 0 aromatic heterocycles. The van der Waals surface area contributed by atoms with Gasteiger partial charge in [-0.05, 0) is 61.6 Å². The zero-order chi connectivity index (χ0) is 18.0. The summed E-state index contributed by atoms with van der Waals surface area (Å²) in [6.07, 6.45) is 0.0408. The fourth-order valence-corrected chi connectivity index (χ4v) is 3.09. The van der Waals surface area contributed by atoms with Crippen LogP contribution in [0.2, 0.25) is 0 Å². The third kappa shape index (κ3) is 3.73. The summed E-state index contributed by atoms with van der Waals surface area (Å²) in [6.45, 7) is 6.81. The Kier molecular flexibility index (Phi) is 4.88. The minimum atomic E-state index is -0.792. The molecule has 130 valence electrons. The minimum absolute atomic E-state index is 0.147. The zero-order valence-electron chi connectivity index (χ0n) is 14.9. The summed E-state index contributed by atoms with van der Waals surface area (Å²) < 4.78 is 5.40. The molecule has 0 saturated carbocycles. The molecular formula is C21H23NO3. The highest BCUT2D eigenvalue weighted by atomic mass is 16.5. The Morgan fingerprint density at radius 1 is 1.04 bits per heavy atom. The molecule has 0 fully saturated rings. The molecule has 25 heavy (non-hydrogen) atoms. The first-order chi connectivity index (χ1) is 12.0. The lowest BCUT2D eigenvalue weighted by Crippen LogP contribution is -2.42. The van der Waals surface area contributed by atoms with E-state index in [0.29, 0.717) is 18.7 Å². The highest BCUT2D eigenvalue weighted by Gasteiger charge is 2.27. The molecule has 3 rings (SSSR count). The van der Waals surface area contributed by atoms with Crippen molar-refractivity contribution in [3.63, 3.8) is 0 Å². The molecule has 1 atom stereocenters. The molecule has 1 heterocycles. The lowest BCUT2D eigenvalue weighted by atomic mass is 9.99. The molecule has 1 amide bonds. The molecule has 0 bridgehead atoms. The molecule has 0 aliphatic carbocycles. The molecule has 0 saturated heterocycles. The van der Waals surface area contributed by atoms with Crippen LogP contribution in [-0.4, -0.2) is 29.4 Å². The molecule has 1 aliphatic rings. The first kappa shape index (κ1) is 17.2. The number of benzene rings is 2. The zero-order valence-corrected chi connectivity index (χ0v) is 14.9. The number of rotatable bonds is 3. The lowest BCUT2D eigenvalue weighted by Gasteiger charge is -2.30. The van der Waals surface area contributed by atoms with Crippen LogP contribution in [0.3, 0.4) is 0 Å². The Morgan fingerprint density at radius 3 is 2.48 bits per heavy atom. The maximum Gasteiger partial charge on any atom is 0.338 e. The van der Waals surface area contributed by atoms with Crippen LogP contribution in [0.25, 0.3) is 0 Å². The van der Waals surface area contributed by atoms with E-state index < -0.39 is 12.1 Å². The maximum atomic E-state index is 12.6. The normalized spacial score (nSPS) is 14.6. The third-order valence-corrected chi connectivity index (χ3v) is 4.82. The number of amides is 1. The summed E-state index contributed by atoms with van der Waals surface area (Å²) in [5.74, 6) is -0.604. The van der Waals surface area contributed by atoms with Crippen molar-refractivity contribution in [3.8, 4) is 0 Å². The predicted octanol–water partition coefficient (Wildman–Crippen LogP) is 3.43. The van der Waals surface area contributed by atoms with Crippen molar-refractivity contribution < 1.29 is 14.3 Å². The molecular weight excluding hydrogens is 314 g/mol. The van der Waals surface area contributed by atoms with Gasteiger partial charge in [0.05, 0.1) is 5.56 Å². The van der Waals surface area contributed by atoms with Crippen LogP contribution >= 0.6 is 0 Å². The Balaban J connectivity index is 1.65. The summed E-state index contributed by atoms with van der Waals surface area (Å²) >= 11 is 0. The van der Waals surface area contributed by atoms with Gasteiger partial charge in [-0.2, -0.15) is 0 Å². The van der Waals surface area contributed by atoms with Crippen molar-refractivity contribution in [1.29, 1.82) is 0 Å². The van der Waals surface area contributed by atoms with E-state index in [0.717, 1.165) is 23.1 Å². The van der Waals surface area contributed by atoms with Crippen molar-refractivity contribution in [3.05, 3.63) is 70.3 Å². The molecule has 0 spiro atoms. The Labute approximate surface area is 148 Å². The van der Waals surface area contributed by atoms with E-state index in [-0.39, 0.29) is 5.91 Å². The van der Waals surface area contributed by atoms with Gasteiger partial charge >= 0.3 is 5.97 Å². The number of ether oxygens (including phenoxy) is 1. The van der Waals surface area contributed by atoms with Crippen molar-refractivity contribution in [2.24, 2.45) is 0 Å². The fourth-order valence-electron chi connectivity index (χ4n) is 3.09. The van der Waals surface area contributed by atoms with Crippen molar-refractivity contribution in [2.75, 3.05) is 6.54 Å². The van der Waals surface area contributed by atoms with Crippen molar-refractivity contribution >= 4 is 11.9 Å². The van der Waals surface area contributed by atoms with Crippen LogP contribution in [0.1, 0.15) is 39.5 Å². The predicted molar refractivity (Wildman–Crippen MR) is 96.4 cm³/mol. The van der Waals surface area contributed by atoms with E-state index in [1.165, 1.54) is 5.56 Å². The van der Waals surface area contributed by atoms with Gasteiger partial charge < -0.3 is 9.64 Å². The van der Waals surface area contributed by atoms with Gasteiger partial charge in [-0.1, -0.05) is 30.3 Å². The van der Waals surface area contributed by atoms with Gasteiger partial charge in [0.25, 0.3) is 5.91 Å². The number of hydrogen-bond donors (Lipinski definition) is 0. The van der Waals surface area contributed by atoms with E-state index in [9.17, 15) is 9.59 Å².